The van der Waals surface area contributed by atoms with E-state index in [1.807, 2.05) is 30.3 Å². The minimum atomic E-state index is -0.358. The molecule has 0 atom stereocenters. The number of H-pyrrole nitrogens is 1. The first-order chi connectivity index (χ1) is 10.6. The second kappa shape index (κ2) is 6.33. The van der Waals surface area contributed by atoms with E-state index in [-0.39, 0.29) is 5.82 Å². The van der Waals surface area contributed by atoms with Crippen molar-refractivity contribution < 1.29 is 4.39 Å². The molecular formula is C15H10BrFN4S. The number of halogens is 2. The third-order valence-electron chi connectivity index (χ3n) is 2.95. The molecule has 1 aromatic heterocycles. The Balaban J connectivity index is 2.03. The summed E-state index contributed by atoms with van der Waals surface area (Å²) < 4.78 is 16.3. The SMILES string of the molecule is Fc1ccc(Br)cc1C=Nn1c(-c2ccccc2)n[nH]c1=S. The van der Waals surface area contributed by atoms with E-state index in [2.05, 4.69) is 31.2 Å². The largest absolute Gasteiger partial charge is 0.250 e. The maximum Gasteiger partial charge on any atom is 0.216 e. The second-order valence-electron chi connectivity index (χ2n) is 4.44. The van der Waals surface area contributed by atoms with Crippen molar-refractivity contribution in [2.45, 2.75) is 0 Å². The summed E-state index contributed by atoms with van der Waals surface area (Å²) in [6.45, 7) is 0. The van der Waals surface area contributed by atoms with Gasteiger partial charge < -0.3 is 0 Å². The van der Waals surface area contributed by atoms with Crippen LogP contribution >= 0.6 is 28.1 Å². The number of benzene rings is 2. The lowest BCUT2D eigenvalue weighted by Crippen LogP contribution is -1.96. The number of nitrogens with zero attached hydrogens (tertiary/aromatic N) is 3. The smallest absolute Gasteiger partial charge is 0.216 e. The lowest BCUT2D eigenvalue weighted by atomic mass is 10.2. The van der Waals surface area contributed by atoms with E-state index in [0.29, 0.717) is 16.2 Å². The molecule has 0 saturated carbocycles. The fourth-order valence-electron chi connectivity index (χ4n) is 1.91. The van der Waals surface area contributed by atoms with Crippen LogP contribution in [0.3, 0.4) is 0 Å². The summed E-state index contributed by atoms with van der Waals surface area (Å²) in [5, 5.41) is 11.1. The van der Waals surface area contributed by atoms with Crippen molar-refractivity contribution in [3.63, 3.8) is 0 Å². The molecule has 4 nitrogen and oxygen atoms in total. The van der Waals surface area contributed by atoms with Crippen molar-refractivity contribution in [3.05, 3.63) is 69.2 Å². The zero-order valence-electron chi connectivity index (χ0n) is 11.2. The number of aromatic nitrogens is 3. The predicted octanol–water partition coefficient (Wildman–Crippen LogP) is 4.39. The Labute approximate surface area is 139 Å². The van der Waals surface area contributed by atoms with Gasteiger partial charge in [-0.25, -0.2) is 9.49 Å². The van der Waals surface area contributed by atoms with E-state index in [1.165, 1.54) is 17.0 Å². The van der Waals surface area contributed by atoms with Crippen LogP contribution in [0.25, 0.3) is 11.4 Å². The van der Waals surface area contributed by atoms with E-state index in [9.17, 15) is 4.39 Å². The molecule has 0 bridgehead atoms. The first-order valence-electron chi connectivity index (χ1n) is 6.37. The highest BCUT2D eigenvalue weighted by atomic mass is 79.9. The molecule has 1 N–H and O–H groups in total. The van der Waals surface area contributed by atoms with Crippen LogP contribution in [-0.4, -0.2) is 21.1 Å². The van der Waals surface area contributed by atoms with Gasteiger partial charge in [0.1, 0.15) is 5.82 Å². The molecule has 110 valence electrons. The third kappa shape index (κ3) is 3.05. The summed E-state index contributed by atoms with van der Waals surface area (Å²) in [6, 6.07) is 14.2. The Morgan fingerprint density at radius 1 is 1.23 bits per heavy atom. The molecule has 7 heteroatoms. The van der Waals surface area contributed by atoms with Crippen molar-refractivity contribution in [3.8, 4) is 11.4 Å². The van der Waals surface area contributed by atoms with Crippen LogP contribution in [0.1, 0.15) is 5.56 Å². The maximum atomic E-state index is 13.8. The highest BCUT2D eigenvalue weighted by Gasteiger charge is 2.07. The zero-order valence-corrected chi connectivity index (χ0v) is 13.6. The van der Waals surface area contributed by atoms with Gasteiger partial charge >= 0.3 is 0 Å². The van der Waals surface area contributed by atoms with Gasteiger partial charge in [0.05, 0.1) is 6.21 Å². The quantitative estimate of drug-likeness (QED) is 0.544. The first kappa shape index (κ1) is 14.8. The molecule has 0 saturated heterocycles. The molecule has 0 spiro atoms. The lowest BCUT2D eigenvalue weighted by molar-refractivity contribution is 0.625. The van der Waals surface area contributed by atoms with E-state index >= 15 is 0 Å². The highest BCUT2D eigenvalue weighted by Crippen LogP contribution is 2.17. The van der Waals surface area contributed by atoms with E-state index in [4.69, 9.17) is 12.2 Å². The Morgan fingerprint density at radius 2 is 2.00 bits per heavy atom. The van der Waals surface area contributed by atoms with Crippen LogP contribution in [-0.2, 0) is 0 Å². The molecule has 0 aliphatic heterocycles. The summed E-state index contributed by atoms with van der Waals surface area (Å²) >= 11 is 8.48. The molecule has 0 amide bonds. The lowest BCUT2D eigenvalue weighted by Gasteiger charge is -2.01. The van der Waals surface area contributed by atoms with Crippen LogP contribution in [0.2, 0.25) is 0 Å². The van der Waals surface area contributed by atoms with Crippen LogP contribution in [0.4, 0.5) is 4.39 Å². The van der Waals surface area contributed by atoms with Gasteiger partial charge in [-0.2, -0.15) is 14.9 Å². The average molecular weight is 377 g/mol. The molecule has 0 fully saturated rings. The van der Waals surface area contributed by atoms with Gasteiger partial charge in [-0.05, 0) is 30.4 Å². The Kier molecular flexibility index (Phi) is 4.26. The summed E-state index contributed by atoms with van der Waals surface area (Å²) in [5.74, 6) is 0.209. The second-order valence-corrected chi connectivity index (χ2v) is 5.74. The summed E-state index contributed by atoms with van der Waals surface area (Å²) in [5.41, 5.74) is 1.22. The molecule has 3 aromatic rings. The summed E-state index contributed by atoms with van der Waals surface area (Å²) in [6.07, 6.45) is 1.41. The number of aromatic amines is 1. The van der Waals surface area contributed by atoms with Crippen LogP contribution < -0.4 is 0 Å². The molecule has 1 heterocycles. The van der Waals surface area contributed by atoms with Crippen LogP contribution in [0.5, 0.6) is 0 Å². The minimum Gasteiger partial charge on any atom is -0.250 e. The van der Waals surface area contributed by atoms with Gasteiger partial charge in [-0.15, -0.1) is 0 Å². The zero-order chi connectivity index (χ0) is 15.5. The van der Waals surface area contributed by atoms with Gasteiger partial charge in [-0.1, -0.05) is 46.3 Å². The molecule has 0 unspecified atom stereocenters. The van der Waals surface area contributed by atoms with E-state index < -0.39 is 0 Å². The molecule has 0 radical (unpaired) electrons. The number of hydrogen-bond donors (Lipinski definition) is 1. The normalized spacial score (nSPS) is 11.2. The van der Waals surface area contributed by atoms with Crippen LogP contribution in [0, 0.1) is 10.6 Å². The van der Waals surface area contributed by atoms with Gasteiger partial charge in [0.2, 0.25) is 4.77 Å². The molecule has 0 aliphatic rings. The predicted molar refractivity (Wildman–Crippen MR) is 89.9 cm³/mol. The fourth-order valence-corrected chi connectivity index (χ4v) is 2.46. The molecule has 3 rings (SSSR count). The van der Waals surface area contributed by atoms with Gasteiger partial charge in [0.15, 0.2) is 5.82 Å². The first-order valence-corrected chi connectivity index (χ1v) is 7.57. The molecule has 2 aromatic carbocycles. The van der Waals surface area contributed by atoms with Crippen LogP contribution in [0.15, 0.2) is 58.1 Å². The van der Waals surface area contributed by atoms with Gasteiger partial charge in [0.25, 0.3) is 0 Å². The Hall–Kier alpha value is -2.12. The number of rotatable bonds is 3. The number of nitrogens with one attached hydrogen (secondary N) is 1. The van der Waals surface area contributed by atoms with Crippen molar-refractivity contribution in [2.75, 3.05) is 0 Å². The van der Waals surface area contributed by atoms with E-state index in [1.54, 1.807) is 12.1 Å². The van der Waals surface area contributed by atoms with Crippen molar-refractivity contribution in [1.82, 2.24) is 14.9 Å². The highest BCUT2D eigenvalue weighted by molar-refractivity contribution is 9.10. The van der Waals surface area contributed by atoms with E-state index in [0.717, 1.165) is 10.0 Å². The summed E-state index contributed by atoms with van der Waals surface area (Å²) in [4.78, 5) is 0. The molecular weight excluding hydrogens is 367 g/mol. The standard InChI is InChI=1S/C15H10BrFN4S/c16-12-6-7-13(17)11(8-12)9-18-21-14(19-20-15(21)22)10-4-2-1-3-5-10/h1-9H,(H,20,22). The van der Waals surface area contributed by atoms with Crippen molar-refractivity contribution in [2.24, 2.45) is 5.10 Å². The van der Waals surface area contributed by atoms with Crippen molar-refractivity contribution in [1.29, 1.82) is 0 Å². The van der Waals surface area contributed by atoms with Gasteiger partial charge in [0, 0.05) is 15.6 Å². The number of hydrogen-bond acceptors (Lipinski definition) is 3. The third-order valence-corrected chi connectivity index (χ3v) is 3.71. The molecule has 0 aliphatic carbocycles. The fraction of sp³-hybridized carbons (Fsp3) is 0. The monoisotopic (exact) mass is 376 g/mol. The topological polar surface area (TPSA) is 46.0 Å². The Bertz CT molecular complexity index is 886. The maximum absolute atomic E-state index is 13.8. The molecule has 22 heavy (non-hydrogen) atoms. The Morgan fingerprint density at radius 3 is 2.77 bits per heavy atom. The van der Waals surface area contributed by atoms with Gasteiger partial charge in [-0.3, -0.25) is 0 Å². The van der Waals surface area contributed by atoms with Crippen molar-refractivity contribution >= 4 is 34.4 Å². The average Bonchev–Trinajstić information content (AvgIpc) is 2.90. The summed E-state index contributed by atoms with van der Waals surface area (Å²) in [7, 11) is 0. The minimum absolute atomic E-state index is 0.338.